The predicted molar refractivity (Wildman–Crippen MR) is 63.8 cm³/mol. The average Bonchev–Trinajstić information content (AvgIpc) is 2.28. The highest BCUT2D eigenvalue weighted by Crippen LogP contribution is 2.25. The maximum absolute atomic E-state index is 10.6. The molecule has 2 heteroatoms. The van der Waals surface area contributed by atoms with Gasteiger partial charge < -0.3 is 10.4 Å². The number of nitrogens with one attached hydrogen (secondary N) is 1. The Bertz CT molecular complexity index is 273. The lowest BCUT2D eigenvalue weighted by Gasteiger charge is -2.28. The summed E-state index contributed by atoms with van der Waals surface area (Å²) in [6.45, 7) is 5.66. The summed E-state index contributed by atoms with van der Waals surface area (Å²) in [6.07, 6.45) is 1.78. The Morgan fingerprint density at radius 1 is 1.20 bits per heavy atom. The lowest BCUT2D eigenvalue weighted by molar-refractivity contribution is 0.0275. The first-order valence-corrected chi connectivity index (χ1v) is 5.71. The Balaban J connectivity index is 2.80. The number of hydrogen-bond acceptors (Lipinski definition) is 2. The SMILES string of the molecule is CCCC(O)(CNCC)c1ccccc1. The molecule has 0 aliphatic carbocycles. The zero-order valence-corrected chi connectivity index (χ0v) is 9.66. The number of likely N-dealkylation sites (N-methyl/N-ethyl adjacent to an activating group) is 1. The minimum atomic E-state index is -0.716. The molecule has 0 radical (unpaired) electrons. The fourth-order valence-corrected chi connectivity index (χ4v) is 1.83. The van der Waals surface area contributed by atoms with Crippen molar-refractivity contribution in [2.45, 2.75) is 32.3 Å². The van der Waals surface area contributed by atoms with Crippen molar-refractivity contribution in [2.24, 2.45) is 0 Å². The Kier molecular flexibility index (Phi) is 4.79. The van der Waals surface area contributed by atoms with Crippen LogP contribution < -0.4 is 5.32 Å². The van der Waals surface area contributed by atoms with Gasteiger partial charge in [-0.05, 0) is 18.5 Å². The number of hydrogen-bond donors (Lipinski definition) is 2. The molecule has 0 fully saturated rings. The van der Waals surface area contributed by atoms with E-state index in [1.54, 1.807) is 0 Å². The second-order valence-electron chi connectivity index (χ2n) is 3.93. The van der Waals surface area contributed by atoms with Crippen LogP contribution in [0.4, 0.5) is 0 Å². The minimum Gasteiger partial charge on any atom is -0.384 e. The normalized spacial score (nSPS) is 14.9. The maximum atomic E-state index is 10.6. The highest BCUT2D eigenvalue weighted by molar-refractivity contribution is 5.22. The molecule has 15 heavy (non-hydrogen) atoms. The van der Waals surface area contributed by atoms with Gasteiger partial charge in [0.1, 0.15) is 5.60 Å². The summed E-state index contributed by atoms with van der Waals surface area (Å²) in [6, 6.07) is 9.91. The molecule has 1 atom stereocenters. The van der Waals surface area contributed by atoms with Crippen molar-refractivity contribution in [3.05, 3.63) is 35.9 Å². The molecule has 0 bridgehead atoms. The van der Waals surface area contributed by atoms with Gasteiger partial charge in [-0.1, -0.05) is 50.6 Å². The Morgan fingerprint density at radius 3 is 2.40 bits per heavy atom. The van der Waals surface area contributed by atoms with Crippen molar-refractivity contribution in [1.82, 2.24) is 5.32 Å². The van der Waals surface area contributed by atoms with Crippen LogP contribution in [0.25, 0.3) is 0 Å². The molecule has 2 nitrogen and oxygen atoms in total. The molecule has 0 amide bonds. The van der Waals surface area contributed by atoms with E-state index in [0.29, 0.717) is 6.54 Å². The summed E-state index contributed by atoms with van der Waals surface area (Å²) >= 11 is 0. The molecule has 1 aromatic rings. The molecule has 1 aromatic carbocycles. The van der Waals surface area contributed by atoms with Crippen LogP contribution in [0.1, 0.15) is 32.3 Å². The van der Waals surface area contributed by atoms with Crippen molar-refractivity contribution in [3.63, 3.8) is 0 Å². The van der Waals surface area contributed by atoms with E-state index in [9.17, 15) is 5.11 Å². The van der Waals surface area contributed by atoms with Gasteiger partial charge in [0, 0.05) is 6.54 Å². The van der Waals surface area contributed by atoms with Crippen molar-refractivity contribution >= 4 is 0 Å². The lowest BCUT2D eigenvalue weighted by atomic mass is 9.89. The molecule has 0 saturated carbocycles. The van der Waals surface area contributed by atoms with Gasteiger partial charge in [-0.2, -0.15) is 0 Å². The van der Waals surface area contributed by atoms with E-state index < -0.39 is 5.60 Å². The molecule has 1 unspecified atom stereocenters. The first-order valence-electron chi connectivity index (χ1n) is 5.71. The monoisotopic (exact) mass is 207 g/mol. The zero-order valence-electron chi connectivity index (χ0n) is 9.66. The highest BCUT2D eigenvalue weighted by atomic mass is 16.3. The van der Waals surface area contributed by atoms with Crippen LogP contribution in [0, 0.1) is 0 Å². The number of aliphatic hydroxyl groups is 1. The summed E-state index contributed by atoms with van der Waals surface area (Å²) < 4.78 is 0. The molecule has 0 aliphatic rings. The summed E-state index contributed by atoms with van der Waals surface area (Å²) in [5.74, 6) is 0. The maximum Gasteiger partial charge on any atom is 0.102 e. The van der Waals surface area contributed by atoms with Crippen LogP contribution in [-0.4, -0.2) is 18.2 Å². The van der Waals surface area contributed by atoms with Gasteiger partial charge in [0.15, 0.2) is 0 Å². The second kappa shape index (κ2) is 5.89. The topological polar surface area (TPSA) is 32.3 Å². The van der Waals surface area contributed by atoms with E-state index in [1.807, 2.05) is 30.3 Å². The van der Waals surface area contributed by atoms with E-state index in [1.165, 1.54) is 0 Å². The molecular formula is C13H21NO. The van der Waals surface area contributed by atoms with Gasteiger partial charge in [0.2, 0.25) is 0 Å². The van der Waals surface area contributed by atoms with Crippen LogP contribution in [-0.2, 0) is 5.60 Å². The highest BCUT2D eigenvalue weighted by Gasteiger charge is 2.27. The van der Waals surface area contributed by atoms with Crippen LogP contribution in [0.3, 0.4) is 0 Å². The van der Waals surface area contributed by atoms with Crippen molar-refractivity contribution in [2.75, 3.05) is 13.1 Å². The van der Waals surface area contributed by atoms with Gasteiger partial charge >= 0.3 is 0 Å². The third-order valence-corrected chi connectivity index (χ3v) is 2.64. The van der Waals surface area contributed by atoms with Gasteiger partial charge in [-0.15, -0.1) is 0 Å². The summed E-state index contributed by atoms with van der Waals surface area (Å²) in [7, 11) is 0. The van der Waals surface area contributed by atoms with Crippen LogP contribution in [0.15, 0.2) is 30.3 Å². The van der Waals surface area contributed by atoms with E-state index in [4.69, 9.17) is 0 Å². The molecule has 0 aliphatic heterocycles. The first-order chi connectivity index (χ1) is 7.23. The quantitative estimate of drug-likeness (QED) is 0.750. The van der Waals surface area contributed by atoms with Crippen LogP contribution >= 0.6 is 0 Å². The Morgan fingerprint density at radius 2 is 1.87 bits per heavy atom. The van der Waals surface area contributed by atoms with E-state index in [0.717, 1.165) is 24.9 Å². The third-order valence-electron chi connectivity index (χ3n) is 2.64. The lowest BCUT2D eigenvalue weighted by Crippen LogP contribution is -2.38. The smallest absolute Gasteiger partial charge is 0.102 e. The second-order valence-corrected chi connectivity index (χ2v) is 3.93. The Labute approximate surface area is 92.3 Å². The molecule has 0 heterocycles. The number of benzene rings is 1. The van der Waals surface area contributed by atoms with E-state index in [-0.39, 0.29) is 0 Å². The molecule has 0 saturated heterocycles. The van der Waals surface area contributed by atoms with Gasteiger partial charge in [-0.25, -0.2) is 0 Å². The summed E-state index contributed by atoms with van der Waals surface area (Å²) in [5.41, 5.74) is 0.291. The molecule has 2 N–H and O–H groups in total. The first kappa shape index (κ1) is 12.2. The fraction of sp³-hybridized carbons (Fsp3) is 0.538. The van der Waals surface area contributed by atoms with Crippen LogP contribution in [0.5, 0.6) is 0 Å². The van der Waals surface area contributed by atoms with Crippen molar-refractivity contribution in [1.29, 1.82) is 0 Å². The molecule has 1 rings (SSSR count). The molecule has 0 spiro atoms. The average molecular weight is 207 g/mol. The Hall–Kier alpha value is -0.860. The summed E-state index contributed by atoms with van der Waals surface area (Å²) in [5, 5.41) is 13.8. The van der Waals surface area contributed by atoms with Gasteiger partial charge in [0.25, 0.3) is 0 Å². The van der Waals surface area contributed by atoms with Gasteiger partial charge in [-0.3, -0.25) is 0 Å². The third kappa shape index (κ3) is 3.33. The van der Waals surface area contributed by atoms with E-state index >= 15 is 0 Å². The molecule has 0 aromatic heterocycles. The molecular weight excluding hydrogens is 186 g/mol. The summed E-state index contributed by atoms with van der Waals surface area (Å²) in [4.78, 5) is 0. The van der Waals surface area contributed by atoms with Crippen LogP contribution in [0.2, 0.25) is 0 Å². The zero-order chi connectivity index (χ0) is 11.1. The fourth-order valence-electron chi connectivity index (χ4n) is 1.83. The standard InChI is InChI=1S/C13H21NO/c1-3-10-13(15,11-14-4-2)12-8-6-5-7-9-12/h5-9,14-15H,3-4,10-11H2,1-2H3. The van der Waals surface area contributed by atoms with E-state index in [2.05, 4.69) is 19.2 Å². The van der Waals surface area contributed by atoms with Crippen molar-refractivity contribution in [3.8, 4) is 0 Å². The number of rotatable bonds is 6. The largest absolute Gasteiger partial charge is 0.384 e. The van der Waals surface area contributed by atoms with Gasteiger partial charge in [0.05, 0.1) is 0 Å². The minimum absolute atomic E-state index is 0.626. The predicted octanol–water partition coefficient (Wildman–Crippen LogP) is 2.28. The molecule has 84 valence electrons. The van der Waals surface area contributed by atoms with Crippen molar-refractivity contribution < 1.29 is 5.11 Å².